The number of benzene rings is 1. The van der Waals surface area contributed by atoms with E-state index < -0.39 is 0 Å². The Bertz CT molecular complexity index is 451. The van der Waals surface area contributed by atoms with E-state index in [9.17, 15) is 4.79 Å². The van der Waals surface area contributed by atoms with Gasteiger partial charge in [0.2, 0.25) is 5.91 Å². The summed E-state index contributed by atoms with van der Waals surface area (Å²) in [6.45, 7) is 5.77. The Morgan fingerprint density at radius 2 is 2.18 bits per heavy atom. The zero-order valence-electron chi connectivity index (χ0n) is 13.0. The van der Waals surface area contributed by atoms with Gasteiger partial charge in [-0.1, -0.05) is 31.2 Å². The highest BCUT2D eigenvalue weighted by Gasteiger charge is 2.20. The summed E-state index contributed by atoms with van der Waals surface area (Å²) in [5.74, 6) is -0.0148. The van der Waals surface area contributed by atoms with Crippen LogP contribution in [0.1, 0.15) is 24.5 Å². The molecule has 1 atom stereocenters. The van der Waals surface area contributed by atoms with Crippen LogP contribution < -0.4 is 10.6 Å². The highest BCUT2D eigenvalue weighted by Crippen LogP contribution is 2.10. The van der Waals surface area contributed by atoms with Crippen molar-refractivity contribution in [2.75, 3.05) is 26.4 Å². The minimum absolute atomic E-state index is 0. The van der Waals surface area contributed by atoms with E-state index in [2.05, 4.69) is 17.6 Å². The first-order chi connectivity index (χ1) is 10.3. The Hall–Kier alpha value is -1.14. The topological polar surface area (TPSA) is 59.6 Å². The van der Waals surface area contributed by atoms with Crippen molar-refractivity contribution < 1.29 is 14.3 Å². The minimum atomic E-state index is -0.248. The fourth-order valence-electron chi connectivity index (χ4n) is 2.24. The minimum Gasteiger partial charge on any atom is -0.378 e. The van der Waals surface area contributed by atoms with Gasteiger partial charge in [0, 0.05) is 19.7 Å². The van der Waals surface area contributed by atoms with Crippen LogP contribution in [-0.4, -0.2) is 38.3 Å². The number of ether oxygens (including phenoxy) is 2. The van der Waals surface area contributed by atoms with Gasteiger partial charge in [0.15, 0.2) is 0 Å². The van der Waals surface area contributed by atoms with Crippen LogP contribution in [0.2, 0.25) is 0 Å². The summed E-state index contributed by atoms with van der Waals surface area (Å²) in [6.07, 6.45) is 1.01. The maximum Gasteiger partial charge on any atom is 0.239 e. The SMILES string of the molecule is CCCOCc1ccccc1CNC(=O)C1COCCN1.Cl. The van der Waals surface area contributed by atoms with Crippen LogP contribution in [0, 0.1) is 0 Å². The number of carbonyl (C=O) groups excluding carboxylic acids is 1. The van der Waals surface area contributed by atoms with Crippen molar-refractivity contribution in [3.8, 4) is 0 Å². The van der Waals surface area contributed by atoms with Gasteiger partial charge in [0.1, 0.15) is 6.04 Å². The van der Waals surface area contributed by atoms with Crippen molar-refractivity contribution in [2.24, 2.45) is 0 Å². The molecule has 1 aromatic carbocycles. The molecule has 0 spiro atoms. The molecule has 1 aliphatic rings. The molecule has 5 nitrogen and oxygen atoms in total. The van der Waals surface area contributed by atoms with E-state index >= 15 is 0 Å². The lowest BCUT2D eigenvalue weighted by Crippen LogP contribution is -2.51. The van der Waals surface area contributed by atoms with Crippen LogP contribution in [0.4, 0.5) is 0 Å². The molecule has 1 amide bonds. The molecule has 2 N–H and O–H groups in total. The van der Waals surface area contributed by atoms with Crippen molar-refractivity contribution in [1.82, 2.24) is 10.6 Å². The third-order valence-corrected chi connectivity index (χ3v) is 3.42. The first kappa shape index (κ1) is 18.9. The van der Waals surface area contributed by atoms with E-state index in [0.717, 1.165) is 30.7 Å². The van der Waals surface area contributed by atoms with E-state index in [4.69, 9.17) is 9.47 Å². The van der Waals surface area contributed by atoms with Gasteiger partial charge in [-0.2, -0.15) is 0 Å². The van der Waals surface area contributed by atoms with Gasteiger partial charge >= 0.3 is 0 Å². The molecule has 22 heavy (non-hydrogen) atoms. The Morgan fingerprint density at radius 3 is 2.86 bits per heavy atom. The van der Waals surface area contributed by atoms with Crippen LogP contribution in [0.3, 0.4) is 0 Å². The molecule has 0 saturated carbocycles. The Labute approximate surface area is 138 Å². The van der Waals surface area contributed by atoms with E-state index in [1.807, 2.05) is 24.3 Å². The molecule has 1 heterocycles. The number of hydrogen-bond acceptors (Lipinski definition) is 4. The number of hydrogen-bond donors (Lipinski definition) is 2. The predicted molar refractivity (Wildman–Crippen MR) is 88.1 cm³/mol. The van der Waals surface area contributed by atoms with Gasteiger partial charge in [-0.25, -0.2) is 0 Å². The monoisotopic (exact) mass is 328 g/mol. The number of halogens is 1. The molecular weight excluding hydrogens is 304 g/mol. The normalized spacial score (nSPS) is 17.6. The third kappa shape index (κ3) is 5.93. The van der Waals surface area contributed by atoms with Gasteiger partial charge in [-0.3, -0.25) is 4.79 Å². The first-order valence-electron chi connectivity index (χ1n) is 7.54. The third-order valence-electron chi connectivity index (χ3n) is 3.42. The molecular formula is C16H25ClN2O3. The van der Waals surface area contributed by atoms with Crippen LogP contribution in [-0.2, 0) is 27.4 Å². The average Bonchev–Trinajstić information content (AvgIpc) is 2.54. The van der Waals surface area contributed by atoms with Crippen molar-refractivity contribution >= 4 is 18.3 Å². The van der Waals surface area contributed by atoms with Crippen LogP contribution in [0.25, 0.3) is 0 Å². The van der Waals surface area contributed by atoms with Crippen molar-refractivity contribution in [2.45, 2.75) is 32.5 Å². The smallest absolute Gasteiger partial charge is 0.239 e. The first-order valence-corrected chi connectivity index (χ1v) is 7.54. The lowest BCUT2D eigenvalue weighted by molar-refractivity contribution is -0.126. The second-order valence-corrected chi connectivity index (χ2v) is 5.12. The van der Waals surface area contributed by atoms with Gasteiger partial charge in [-0.15, -0.1) is 12.4 Å². The predicted octanol–water partition coefficient (Wildman–Crippen LogP) is 1.64. The number of rotatable bonds is 7. The van der Waals surface area contributed by atoms with Crippen molar-refractivity contribution in [1.29, 1.82) is 0 Å². The molecule has 124 valence electrons. The summed E-state index contributed by atoms with van der Waals surface area (Å²) >= 11 is 0. The fraction of sp³-hybridized carbons (Fsp3) is 0.562. The number of carbonyl (C=O) groups is 1. The molecule has 0 bridgehead atoms. The Kier molecular flexibility index (Phi) is 9.08. The van der Waals surface area contributed by atoms with E-state index in [0.29, 0.717) is 26.4 Å². The zero-order valence-corrected chi connectivity index (χ0v) is 13.8. The quantitative estimate of drug-likeness (QED) is 0.747. The van der Waals surface area contributed by atoms with Crippen LogP contribution in [0.15, 0.2) is 24.3 Å². The summed E-state index contributed by atoms with van der Waals surface area (Å²) in [4.78, 5) is 12.1. The second kappa shape index (κ2) is 10.6. The van der Waals surface area contributed by atoms with Gasteiger partial charge < -0.3 is 20.1 Å². The van der Waals surface area contributed by atoms with Gasteiger partial charge in [0.05, 0.1) is 19.8 Å². The molecule has 1 saturated heterocycles. The molecule has 0 aliphatic carbocycles. The highest BCUT2D eigenvalue weighted by molar-refractivity contribution is 5.85. The molecule has 0 radical (unpaired) electrons. The van der Waals surface area contributed by atoms with Crippen LogP contribution >= 0.6 is 12.4 Å². The molecule has 1 aliphatic heterocycles. The number of morpholine rings is 1. The van der Waals surface area contributed by atoms with E-state index in [1.165, 1.54) is 0 Å². The molecule has 1 fully saturated rings. The van der Waals surface area contributed by atoms with Crippen molar-refractivity contribution in [3.63, 3.8) is 0 Å². The lowest BCUT2D eigenvalue weighted by Gasteiger charge is -2.23. The Balaban J connectivity index is 0.00000242. The number of nitrogens with one attached hydrogen (secondary N) is 2. The van der Waals surface area contributed by atoms with Crippen LogP contribution in [0.5, 0.6) is 0 Å². The maximum absolute atomic E-state index is 12.1. The van der Waals surface area contributed by atoms with Crippen molar-refractivity contribution in [3.05, 3.63) is 35.4 Å². The average molecular weight is 329 g/mol. The second-order valence-electron chi connectivity index (χ2n) is 5.12. The molecule has 6 heteroatoms. The van der Waals surface area contributed by atoms with E-state index in [-0.39, 0.29) is 24.4 Å². The molecule has 2 rings (SSSR count). The summed E-state index contributed by atoms with van der Waals surface area (Å²) in [5.41, 5.74) is 2.22. The number of amides is 1. The summed E-state index contributed by atoms with van der Waals surface area (Å²) in [5, 5.41) is 6.11. The summed E-state index contributed by atoms with van der Waals surface area (Å²) in [7, 11) is 0. The Morgan fingerprint density at radius 1 is 1.41 bits per heavy atom. The van der Waals surface area contributed by atoms with Gasteiger partial charge in [0.25, 0.3) is 0 Å². The standard InChI is InChI=1S/C16H24N2O3.ClH/c1-2-8-20-11-14-6-4-3-5-13(14)10-18-16(19)15-12-21-9-7-17-15;/h3-6,15,17H,2,7-12H2,1H3,(H,18,19);1H. The summed E-state index contributed by atoms with van der Waals surface area (Å²) in [6, 6.07) is 7.79. The largest absolute Gasteiger partial charge is 0.378 e. The molecule has 1 aromatic rings. The maximum atomic E-state index is 12.1. The molecule has 1 unspecified atom stereocenters. The fourth-order valence-corrected chi connectivity index (χ4v) is 2.24. The van der Waals surface area contributed by atoms with E-state index in [1.54, 1.807) is 0 Å². The molecule has 0 aromatic heterocycles. The zero-order chi connectivity index (χ0) is 14.9. The summed E-state index contributed by atoms with van der Waals surface area (Å²) < 4.78 is 10.9. The van der Waals surface area contributed by atoms with Gasteiger partial charge in [-0.05, 0) is 17.5 Å². The highest BCUT2D eigenvalue weighted by atomic mass is 35.5. The lowest BCUT2D eigenvalue weighted by atomic mass is 10.1.